The molecule has 2 aliphatic carbocycles. The predicted octanol–water partition coefficient (Wildman–Crippen LogP) is 2.81. The molecule has 0 aromatic heterocycles. The number of imide groups is 1. The molecule has 0 spiro atoms. The number of rotatable bonds is 5. The number of anilines is 2. The molecule has 5 rings (SSSR count). The first kappa shape index (κ1) is 18.9. The second-order valence-corrected chi connectivity index (χ2v) is 9.52. The number of hydrogen-bond donors (Lipinski definition) is 1. The van der Waals surface area contributed by atoms with Gasteiger partial charge in [0.25, 0.3) is 10.0 Å². The number of carbonyl (C=O) groups is 2. The van der Waals surface area contributed by atoms with Gasteiger partial charge in [-0.3, -0.25) is 19.2 Å². The van der Waals surface area contributed by atoms with Gasteiger partial charge in [0.1, 0.15) is 5.75 Å². The Labute approximate surface area is 174 Å². The van der Waals surface area contributed by atoms with Gasteiger partial charge < -0.3 is 4.74 Å². The minimum absolute atomic E-state index is 0.0445. The molecule has 1 saturated carbocycles. The summed E-state index contributed by atoms with van der Waals surface area (Å²) in [6.07, 6.45) is 4.96. The molecule has 2 fully saturated rings. The Morgan fingerprint density at radius 2 is 1.47 bits per heavy atom. The lowest BCUT2D eigenvalue weighted by Crippen LogP contribution is -2.32. The van der Waals surface area contributed by atoms with E-state index in [1.807, 2.05) is 12.2 Å². The summed E-state index contributed by atoms with van der Waals surface area (Å²) in [5.41, 5.74) is 0.808. The van der Waals surface area contributed by atoms with E-state index in [1.54, 1.807) is 24.3 Å². The lowest BCUT2D eigenvalue weighted by molar-refractivity contribution is -0.123. The Kier molecular flexibility index (Phi) is 4.21. The number of allylic oxidation sites excluding steroid dienone is 2. The third-order valence-electron chi connectivity index (χ3n) is 6.22. The highest BCUT2D eigenvalue weighted by Gasteiger charge is 2.59. The van der Waals surface area contributed by atoms with Crippen molar-refractivity contribution in [2.24, 2.45) is 23.7 Å². The second kappa shape index (κ2) is 6.70. The number of ether oxygens (including phenoxy) is 1. The van der Waals surface area contributed by atoms with Crippen LogP contribution in [0.2, 0.25) is 0 Å². The zero-order valence-electron chi connectivity index (χ0n) is 16.2. The quantitative estimate of drug-likeness (QED) is 0.589. The van der Waals surface area contributed by atoms with E-state index in [1.165, 1.54) is 36.3 Å². The van der Waals surface area contributed by atoms with Crippen molar-refractivity contribution in [1.29, 1.82) is 0 Å². The van der Waals surface area contributed by atoms with Crippen LogP contribution >= 0.6 is 0 Å². The van der Waals surface area contributed by atoms with Crippen LogP contribution in [0.25, 0.3) is 0 Å². The number of fused-ring (bicyclic) bond motifs is 5. The fraction of sp³-hybridized carbons (Fsp3) is 0.273. The molecule has 154 valence electrons. The van der Waals surface area contributed by atoms with Gasteiger partial charge in [0.2, 0.25) is 11.8 Å². The Bertz CT molecular complexity index is 1130. The lowest BCUT2D eigenvalue weighted by atomic mass is 9.85. The molecule has 3 aliphatic rings. The minimum Gasteiger partial charge on any atom is -0.497 e. The molecule has 1 aliphatic heterocycles. The zero-order valence-corrected chi connectivity index (χ0v) is 17.0. The molecule has 1 N–H and O–H groups in total. The summed E-state index contributed by atoms with van der Waals surface area (Å²) in [6.45, 7) is 0. The van der Waals surface area contributed by atoms with Gasteiger partial charge in [-0.05, 0) is 66.8 Å². The van der Waals surface area contributed by atoms with Crippen molar-refractivity contribution in [2.75, 3.05) is 16.7 Å². The van der Waals surface area contributed by atoms with E-state index < -0.39 is 10.0 Å². The number of amides is 2. The van der Waals surface area contributed by atoms with Crippen LogP contribution in [0.15, 0.2) is 65.6 Å². The van der Waals surface area contributed by atoms with Crippen LogP contribution in [0.4, 0.5) is 11.4 Å². The van der Waals surface area contributed by atoms with Crippen molar-refractivity contribution in [3.05, 3.63) is 60.7 Å². The van der Waals surface area contributed by atoms with Crippen LogP contribution in [-0.4, -0.2) is 27.3 Å². The van der Waals surface area contributed by atoms with E-state index in [2.05, 4.69) is 4.72 Å². The Morgan fingerprint density at radius 3 is 2.00 bits per heavy atom. The van der Waals surface area contributed by atoms with Crippen molar-refractivity contribution >= 4 is 33.2 Å². The fourth-order valence-electron chi connectivity index (χ4n) is 4.80. The molecule has 2 aromatic rings. The second-order valence-electron chi connectivity index (χ2n) is 7.84. The molecule has 2 aromatic carbocycles. The number of hydrogen-bond acceptors (Lipinski definition) is 5. The van der Waals surface area contributed by atoms with Crippen molar-refractivity contribution in [1.82, 2.24) is 0 Å². The molecule has 2 amide bonds. The van der Waals surface area contributed by atoms with Gasteiger partial charge in [-0.15, -0.1) is 0 Å². The Hall–Kier alpha value is -3.13. The van der Waals surface area contributed by atoms with E-state index in [0.717, 1.165) is 6.42 Å². The summed E-state index contributed by atoms with van der Waals surface area (Å²) in [5, 5.41) is 0. The summed E-state index contributed by atoms with van der Waals surface area (Å²) < 4.78 is 32.9. The monoisotopic (exact) mass is 424 g/mol. The van der Waals surface area contributed by atoms with Gasteiger partial charge >= 0.3 is 0 Å². The summed E-state index contributed by atoms with van der Waals surface area (Å²) in [7, 11) is -2.28. The number of sulfonamides is 1. The van der Waals surface area contributed by atoms with Gasteiger partial charge in [0.05, 0.1) is 29.5 Å². The molecular weight excluding hydrogens is 404 g/mol. The van der Waals surface area contributed by atoms with E-state index in [9.17, 15) is 18.0 Å². The average molecular weight is 424 g/mol. The standard InChI is InChI=1S/C22H20N2O5S/c1-29-17-8-4-15(5-9-17)23-30(27,28)18-10-6-16(7-11-18)24-21(25)19-13-2-3-14(12-13)20(19)22(24)26/h2-11,13-14,19-20,23H,12H2,1H3. The molecule has 8 heteroatoms. The SMILES string of the molecule is COc1ccc(NS(=O)(=O)c2ccc(N3C(=O)C4C5C=CC(C5)C4C3=O)cc2)cc1. The van der Waals surface area contributed by atoms with E-state index in [4.69, 9.17) is 4.74 Å². The molecule has 4 unspecified atom stereocenters. The Morgan fingerprint density at radius 1 is 0.900 bits per heavy atom. The smallest absolute Gasteiger partial charge is 0.261 e. The molecule has 7 nitrogen and oxygen atoms in total. The van der Waals surface area contributed by atoms with Gasteiger partial charge in [-0.25, -0.2) is 8.42 Å². The first-order valence-corrected chi connectivity index (χ1v) is 11.2. The van der Waals surface area contributed by atoms with Gasteiger partial charge in [0, 0.05) is 5.69 Å². The van der Waals surface area contributed by atoms with E-state index >= 15 is 0 Å². The van der Waals surface area contributed by atoms with Crippen molar-refractivity contribution < 1.29 is 22.7 Å². The predicted molar refractivity (Wildman–Crippen MR) is 110 cm³/mol. The van der Waals surface area contributed by atoms with Crippen molar-refractivity contribution in [3.63, 3.8) is 0 Å². The molecule has 1 saturated heterocycles. The van der Waals surface area contributed by atoms with Crippen LogP contribution in [0.3, 0.4) is 0 Å². The molecule has 2 bridgehead atoms. The highest BCUT2D eigenvalue weighted by molar-refractivity contribution is 7.92. The lowest BCUT2D eigenvalue weighted by Gasteiger charge is -2.17. The summed E-state index contributed by atoms with van der Waals surface area (Å²) >= 11 is 0. The minimum atomic E-state index is -3.81. The maximum absolute atomic E-state index is 12.9. The maximum Gasteiger partial charge on any atom is 0.261 e. The molecule has 4 atom stereocenters. The average Bonchev–Trinajstić information content (AvgIpc) is 3.42. The maximum atomic E-state index is 12.9. The summed E-state index contributed by atoms with van der Waals surface area (Å²) in [4.78, 5) is 27.0. The third kappa shape index (κ3) is 2.82. The number of nitrogens with one attached hydrogen (secondary N) is 1. The van der Waals surface area contributed by atoms with E-state index in [-0.39, 0.29) is 40.4 Å². The van der Waals surface area contributed by atoms with Crippen LogP contribution in [0, 0.1) is 23.7 Å². The molecule has 30 heavy (non-hydrogen) atoms. The topological polar surface area (TPSA) is 92.8 Å². The van der Waals surface area contributed by atoms with E-state index in [0.29, 0.717) is 17.1 Å². The van der Waals surface area contributed by atoms with Crippen molar-refractivity contribution in [2.45, 2.75) is 11.3 Å². The van der Waals surface area contributed by atoms with Crippen molar-refractivity contribution in [3.8, 4) is 5.75 Å². The molecule has 0 radical (unpaired) electrons. The molecular formula is C22H20N2O5S. The zero-order chi connectivity index (χ0) is 21.0. The fourth-order valence-corrected chi connectivity index (χ4v) is 5.86. The van der Waals surface area contributed by atoms with Gasteiger partial charge in [-0.2, -0.15) is 0 Å². The summed E-state index contributed by atoms with van der Waals surface area (Å²) in [5.74, 6) is -0.0526. The molecule has 1 heterocycles. The number of nitrogens with zero attached hydrogens (tertiary/aromatic N) is 1. The van der Waals surface area contributed by atoms with Crippen LogP contribution in [0.1, 0.15) is 6.42 Å². The van der Waals surface area contributed by atoms with Gasteiger partial charge in [-0.1, -0.05) is 12.2 Å². The van der Waals surface area contributed by atoms with Crippen LogP contribution < -0.4 is 14.4 Å². The highest BCUT2D eigenvalue weighted by Crippen LogP contribution is 2.53. The normalized spacial score (nSPS) is 26.9. The third-order valence-corrected chi connectivity index (χ3v) is 7.61. The number of methoxy groups -OCH3 is 1. The first-order chi connectivity index (χ1) is 14.4. The van der Waals surface area contributed by atoms with Crippen LogP contribution in [-0.2, 0) is 19.6 Å². The first-order valence-electron chi connectivity index (χ1n) is 9.72. The number of benzene rings is 2. The van der Waals surface area contributed by atoms with Crippen LogP contribution in [0.5, 0.6) is 5.75 Å². The highest BCUT2D eigenvalue weighted by atomic mass is 32.2. The number of carbonyl (C=O) groups excluding carboxylic acids is 2. The Balaban J connectivity index is 1.36. The van der Waals surface area contributed by atoms with Gasteiger partial charge in [0.15, 0.2) is 0 Å². The largest absolute Gasteiger partial charge is 0.497 e. The summed E-state index contributed by atoms with van der Waals surface area (Å²) in [6, 6.07) is 12.4.